The van der Waals surface area contributed by atoms with Crippen LogP contribution in [0.5, 0.6) is 0 Å². The molecule has 1 heterocycles. The van der Waals surface area contributed by atoms with Gasteiger partial charge in [0.15, 0.2) is 0 Å². The molecular weight excluding hydrogens is 168 g/mol. The van der Waals surface area contributed by atoms with E-state index in [1.165, 1.54) is 0 Å². The zero-order valence-corrected chi connectivity index (χ0v) is 7.79. The van der Waals surface area contributed by atoms with Gasteiger partial charge in [-0.1, -0.05) is 6.42 Å². The van der Waals surface area contributed by atoms with Crippen LogP contribution in [0.4, 0.5) is 0 Å². The van der Waals surface area contributed by atoms with Crippen LogP contribution in [0.15, 0.2) is 0 Å². The van der Waals surface area contributed by atoms with Crippen LogP contribution in [0.2, 0.25) is 0 Å². The van der Waals surface area contributed by atoms with Crippen molar-refractivity contribution in [3.63, 3.8) is 0 Å². The van der Waals surface area contributed by atoms with Gasteiger partial charge in [0.25, 0.3) is 0 Å². The molecule has 0 atom stereocenters. The molecule has 0 bridgehead atoms. The van der Waals surface area contributed by atoms with E-state index in [2.05, 4.69) is 5.32 Å². The largest absolute Gasteiger partial charge is 0.357 e. The maximum atomic E-state index is 11.4. The molecule has 1 fully saturated rings. The van der Waals surface area contributed by atoms with Crippen LogP contribution in [-0.2, 0) is 9.59 Å². The van der Waals surface area contributed by atoms with Crippen molar-refractivity contribution < 1.29 is 9.59 Å². The third-order valence-electron chi connectivity index (χ3n) is 2.28. The van der Waals surface area contributed by atoms with Crippen LogP contribution in [0.25, 0.3) is 0 Å². The molecular formula is C9H16N2O2. The first-order chi connectivity index (χ1) is 6.34. The lowest BCUT2D eigenvalue weighted by Crippen LogP contribution is -2.36. The first-order valence-electron chi connectivity index (χ1n) is 4.79. The highest BCUT2D eigenvalue weighted by Gasteiger charge is 2.15. The zero-order chi connectivity index (χ0) is 9.52. The number of carbonyl (C=O) groups excluding carboxylic acids is 2. The lowest BCUT2D eigenvalue weighted by atomic mass is 10.2. The molecule has 1 saturated heterocycles. The summed E-state index contributed by atoms with van der Waals surface area (Å²) >= 11 is 0. The van der Waals surface area contributed by atoms with E-state index in [9.17, 15) is 9.59 Å². The third kappa shape index (κ3) is 3.44. The molecule has 0 unspecified atom stereocenters. The molecule has 0 aromatic heterocycles. The van der Waals surface area contributed by atoms with Crippen LogP contribution in [0, 0.1) is 0 Å². The Bertz CT molecular complexity index is 182. The lowest BCUT2D eigenvalue weighted by Gasteiger charge is -2.19. The summed E-state index contributed by atoms with van der Waals surface area (Å²) in [5, 5.41) is 2.56. The zero-order valence-electron chi connectivity index (χ0n) is 7.79. The van der Waals surface area contributed by atoms with Crippen LogP contribution in [0.3, 0.4) is 0 Å². The Hall–Kier alpha value is -1.06. The number of hydrogen-bond acceptors (Lipinski definition) is 2. The van der Waals surface area contributed by atoms with Gasteiger partial charge in [0, 0.05) is 26.1 Å². The smallest absolute Gasteiger partial charge is 0.222 e. The first kappa shape index (κ1) is 10.0. The lowest BCUT2D eigenvalue weighted by molar-refractivity contribution is -0.130. The Morgan fingerprint density at radius 2 is 2.23 bits per heavy atom. The summed E-state index contributed by atoms with van der Waals surface area (Å²) in [6.45, 7) is 2.06. The minimum atomic E-state index is 0.227. The molecule has 0 aromatic carbocycles. The number of carbonyl (C=O) groups is 2. The quantitative estimate of drug-likeness (QED) is 0.499. The Balaban J connectivity index is 2.27. The van der Waals surface area contributed by atoms with Gasteiger partial charge in [-0.15, -0.1) is 0 Å². The summed E-state index contributed by atoms with van der Waals surface area (Å²) < 4.78 is 0. The van der Waals surface area contributed by atoms with Crippen molar-refractivity contribution in [2.24, 2.45) is 0 Å². The van der Waals surface area contributed by atoms with Crippen molar-refractivity contribution in [2.75, 3.05) is 19.6 Å². The van der Waals surface area contributed by atoms with E-state index in [-0.39, 0.29) is 5.91 Å². The number of likely N-dealkylation sites (tertiary alicyclic amines) is 1. The predicted molar refractivity (Wildman–Crippen MR) is 49.1 cm³/mol. The number of rotatable bonds is 4. The molecule has 0 aromatic rings. The molecule has 1 rings (SSSR count). The summed E-state index contributed by atoms with van der Waals surface area (Å²) in [7, 11) is 0. The molecule has 0 aliphatic carbocycles. The van der Waals surface area contributed by atoms with Crippen molar-refractivity contribution in [1.29, 1.82) is 0 Å². The fourth-order valence-corrected chi connectivity index (χ4v) is 1.53. The fraction of sp³-hybridized carbons (Fsp3) is 0.778. The minimum absolute atomic E-state index is 0.227. The van der Waals surface area contributed by atoms with Gasteiger partial charge in [-0.3, -0.25) is 9.59 Å². The van der Waals surface area contributed by atoms with Gasteiger partial charge in [0.05, 0.1) is 0 Å². The summed E-state index contributed by atoms with van der Waals surface area (Å²) in [5.74, 6) is 0.227. The Morgan fingerprint density at radius 1 is 1.38 bits per heavy atom. The second kappa shape index (κ2) is 5.56. The average molecular weight is 184 g/mol. The van der Waals surface area contributed by atoms with Gasteiger partial charge in [0.1, 0.15) is 0 Å². The molecule has 0 radical (unpaired) electrons. The average Bonchev–Trinajstić information content (AvgIpc) is 2.32. The summed E-state index contributed by atoms with van der Waals surface area (Å²) in [4.78, 5) is 23.2. The summed E-state index contributed by atoms with van der Waals surface area (Å²) in [5.41, 5.74) is 0. The molecule has 0 spiro atoms. The molecule has 13 heavy (non-hydrogen) atoms. The maximum absolute atomic E-state index is 11.4. The third-order valence-corrected chi connectivity index (χ3v) is 2.28. The van der Waals surface area contributed by atoms with Gasteiger partial charge in [0.2, 0.25) is 12.3 Å². The second-order valence-corrected chi connectivity index (χ2v) is 3.26. The first-order valence-corrected chi connectivity index (χ1v) is 4.79. The van der Waals surface area contributed by atoms with Crippen molar-refractivity contribution >= 4 is 12.3 Å². The Kier molecular flexibility index (Phi) is 4.29. The standard InChI is InChI=1S/C9H16N2O2/c12-8-10-5-7-11-6-3-1-2-4-9(11)13/h8H,1-7H2,(H,10,12). The van der Waals surface area contributed by atoms with Crippen LogP contribution in [-0.4, -0.2) is 36.9 Å². The van der Waals surface area contributed by atoms with Crippen molar-refractivity contribution in [2.45, 2.75) is 25.7 Å². The highest BCUT2D eigenvalue weighted by atomic mass is 16.2. The van der Waals surface area contributed by atoms with Crippen LogP contribution in [0.1, 0.15) is 25.7 Å². The van der Waals surface area contributed by atoms with E-state index >= 15 is 0 Å². The topological polar surface area (TPSA) is 49.4 Å². The fourth-order valence-electron chi connectivity index (χ4n) is 1.53. The van der Waals surface area contributed by atoms with E-state index in [1.54, 1.807) is 0 Å². The van der Waals surface area contributed by atoms with E-state index in [0.717, 1.165) is 25.8 Å². The summed E-state index contributed by atoms with van der Waals surface area (Å²) in [6.07, 6.45) is 4.58. The number of hydrogen-bond donors (Lipinski definition) is 1. The van der Waals surface area contributed by atoms with Gasteiger partial charge in [-0.2, -0.15) is 0 Å². The van der Waals surface area contributed by atoms with Gasteiger partial charge < -0.3 is 10.2 Å². The summed E-state index contributed by atoms with van der Waals surface area (Å²) in [6, 6.07) is 0. The van der Waals surface area contributed by atoms with Crippen molar-refractivity contribution in [3.05, 3.63) is 0 Å². The Morgan fingerprint density at radius 3 is 3.00 bits per heavy atom. The number of nitrogens with zero attached hydrogens (tertiary/aromatic N) is 1. The second-order valence-electron chi connectivity index (χ2n) is 3.26. The molecule has 0 saturated carbocycles. The van der Waals surface area contributed by atoms with Crippen LogP contribution < -0.4 is 5.32 Å². The van der Waals surface area contributed by atoms with Gasteiger partial charge >= 0.3 is 0 Å². The van der Waals surface area contributed by atoms with E-state index in [4.69, 9.17) is 0 Å². The molecule has 4 heteroatoms. The molecule has 1 aliphatic rings. The normalized spacial score (nSPS) is 18.2. The minimum Gasteiger partial charge on any atom is -0.357 e. The molecule has 74 valence electrons. The molecule has 1 aliphatic heterocycles. The van der Waals surface area contributed by atoms with Crippen molar-refractivity contribution in [1.82, 2.24) is 10.2 Å². The molecule has 2 amide bonds. The SMILES string of the molecule is O=CNCCN1CCCCCC1=O. The van der Waals surface area contributed by atoms with E-state index < -0.39 is 0 Å². The van der Waals surface area contributed by atoms with E-state index in [0.29, 0.717) is 25.9 Å². The monoisotopic (exact) mass is 184 g/mol. The predicted octanol–water partition coefficient (Wildman–Crippen LogP) is 0.135. The van der Waals surface area contributed by atoms with E-state index in [1.807, 2.05) is 4.90 Å². The number of nitrogens with one attached hydrogen (secondary N) is 1. The van der Waals surface area contributed by atoms with Gasteiger partial charge in [-0.05, 0) is 12.8 Å². The molecule has 4 nitrogen and oxygen atoms in total. The number of amides is 2. The van der Waals surface area contributed by atoms with Gasteiger partial charge in [-0.25, -0.2) is 0 Å². The maximum Gasteiger partial charge on any atom is 0.222 e. The highest BCUT2D eigenvalue weighted by Crippen LogP contribution is 2.10. The van der Waals surface area contributed by atoms with Crippen molar-refractivity contribution in [3.8, 4) is 0 Å². The highest BCUT2D eigenvalue weighted by molar-refractivity contribution is 5.76. The van der Waals surface area contributed by atoms with Crippen LogP contribution >= 0.6 is 0 Å². The molecule has 1 N–H and O–H groups in total. The Labute approximate surface area is 78.3 Å².